The van der Waals surface area contributed by atoms with Crippen molar-refractivity contribution in [2.45, 2.75) is 49.5 Å². The number of hydrogen-bond acceptors (Lipinski definition) is 7. The molecule has 12 heteroatoms. The number of carboxylic acids is 1. The third kappa shape index (κ3) is 5.88. The number of nitrogens with zero attached hydrogens (tertiary/aromatic N) is 3. The number of benzene rings is 1. The number of piperazine rings is 1. The molecule has 35 heavy (non-hydrogen) atoms. The zero-order valence-electron chi connectivity index (χ0n) is 19.1. The quantitative estimate of drug-likeness (QED) is 0.546. The summed E-state index contributed by atoms with van der Waals surface area (Å²) in [4.78, 5) is 43.0. The number of nitrogens with one attached hydrogen (secondary N) is 1. The first-order chi connectivity index (χ1) is 16.8. The lowest BCUT2D eigenvalue weighted by Crippen LogP contribution is -2.58. The molecular weight excluding hydrogens is 492 g/mol. The third-order valence-corrected chi connectivity index (χ3v) is 9.09. The molecule has 2 heterocycles. The molecule has 1 saturated heterocycles. The Bertz CT molecular complexity index is 1180. The molecule has 1 aromatic carbocycles. The maximum atomic E-state index is 13.2. The molecule has 4 rings (SSSR count). The number of sulfonamides is 1. The van der Waals surface area contributed by atoms with Crippen molar-refractivity contribution in [2.24, 2.45) is 5.92 Å². The normalized spacial score (nSPS) is 18.9. The van der Waals surface area contributed by atoms with Gasteiger partial charge in [0.15, 0.2) is 5.13 Å². The van der Waals surface area contributed by atoms with Crippen LogP contribution in [-0.2, 0) is 19.6 Å². The van der Waals surface area contributed by atoms with Crippen LogP contribution in [0.4, 0.5) is 5.13 Å². The van der Waals surface area contributed by atoms with Crippen LogP contribution < -0.4 is 5.32 Å². The predicted octanol–water partition coefficient (Wildman–Crippen LogP) is 2.65. The van der Waals surface area contributed by atoms with Gasteiger partial charge in [0.1, 0.15) is 6.04 Å². The molecule has 188 valence electrons. The summed E-state index contributed by atoms with van der Waals surface area (Å²) >= 11 is 1.29. The lowest BCUT2D eigenvalue weighted by Gasteiger charge is -2.39. The Hall–Kier alpha value is -2.83. The largest absolute Gasteiger partial charge is 0.478 e. The summed E-state index contributed by atoms with van der Waals surface area (Å²) in [5.74, 6) is -1.68. The van der Waals surface area contributed by atoms with Crippen molar-refractivity contribution in [1.29, 1.82) is 0 Å². The van der Waals surface area contributed by atoms with Gasteiger partial charge in [-0.1, -0.05) is 38.2 Å². The second-order valence-corrected chi connectivity index (χ2v) is 11.7. The van der Waals surface area contributed by atoms with Crippen LogP contribution in [0.15, 0.2) is 40.7 Å². The molecule has 2 amide bonds. The van der Waals surface area contributed by atoms with Crippen molar-refractivity contribution < 1.29 is 27.9 Å². The van der Waals surface area contributed by atoms with Crippen LogP contribution in [-0.4, -0.2) is 71.2 Å². The summed E-state index contributed by atoms with van der Waals surface area (Å²) in [6, 6.07) is 4.35. The van der Waals surface area contributed by atoms with Crippen molar-refractivity contribution in [3.8, 4) is 0 Å². The van der Waals surface area contributed by atoms with Gasteiger partial charge >= 0.3 is 5.97 Å². The van der Waals surface area contributed by atoms with E-state index in [0.717, 1.165) is 36.1 Å². The monoisotopic (exact) mass is 520 g/mol. The molecule has 0 radical (unpaired) electrons. The van der Waals surface area contributed by atoms with Crippen molar-refractivity contribution >= 4 is 44.3 Å². The maximum Gasteiger partial charge on any atom is 0.335 e. The van der Waals surface area contributed by atoms with Gasteiger partial charge in [-0.05, 0) is 30.5 Å². The van der Waals surface area contributed by atoms with E-state index >= 15 is 0 Å². The summed E-state index contributed by atoms with van der Waals surface area (Å²) in [7, 11) is -4.07. The van der Waals surface area contributed by atoms with Crippen LogP contribution in [0.25, 0.3) is 0 Å². The molecule has 1 unspecified atom stereocenters. The van der Waals surface area contributed by atoms with Gasteiger partial charge in [-0.2, -0.15) is 4.31 Å². The fourth-order valence-corrected chi connectivity index (χ4v) is 6.69. The Labute approximate surface area is 208 Å². The highest BCUT2D eigenvalue weighted by Gasteiger charge is 2.39. The van der Waals surface area contributed by atoms with Gasteiger partial charge in [0.05, 0.1) is 17.0 Å². The van der Waals surface area contributed by atoms with Gasteiger partial charge in [-0.3, -0.25) is 9.59 Å². The minimum atomic E-state index is -4.07. The van der Waals surface area contributed by atoms with E-state index in [9.17, 15) is 27.9 Å². The van der Waals surface area contributed by atoms with Crippen LogP contribution in [0.1, 0.15) is 48.9 Å². The average Bonchev–Trinajstić information content (AvgIpc) is 3.36. The summed E-state index contributed by atoms with van der Waals surface area (Å²) in [5, 5.41) is 14.2. The Balaban J connectivity index is 1.51. The zero-order chi connectivity index (χ0) is 25.0. The molecule has 0 spiro atoms. The Morgan fingerprint density at radius 3 is 2.63 bits per heavy atom. The Morgan fingerprint density at radius 1 is 1.20 bits per heavy atom. The number of carbonyl (C=O) groups excluding carboxylic acids is 2. The summed E-state index contributed by atoms with van der Waals surface area (Å²) in [6.07, 6.45) is 7.49. The number of anilines is 1. The van der Waals surface area contributed by atoms with E-state index in [0.29, 0.717) is 17.5 Å². The smallest absolute Gasteiger partial charge is 0.335 e. The number of aromatic carboxylic acids is 1. The minimum Gasteiger partial charge on any atom is -0.478 e. The average molecular weight is 521 g/mol. The number of thiazole rings is 1. The Kier molecular flexibility index (Phi) is 7.82. The molecular formula is C23H28N4O6S2. The fraction of sp³-hybridized carbons (Fsp3) is 0.478. The molecule has 1 aliphatic heterocycles. The summed E-state index contributed by atoms with van der Waals surface area (Å²) in [6.45, 7) is -0.332. The molecule has 2 aromatic rings. The summed E-state index contributed by atoms with van der Waals surface area (Å²) in [5.41, 5.74) is -0.151. The lowest BCUT2D eigenvalue weighted by molar-refractivity contribution is -0.142. The molecule has 10 nitrogen and oxygen atoms in total. The van der Waals surface area contributed by atoms with E-state index in [-0.39, 0.29) is 29.5 Å². The summed E-state index contributed by atoms with van der Waals surface area (Å²) < 4.78 is 27.3. The van der Waals surface area contributed by atoms with E-state index < -0.39 is 34.5 Å². The van der Waals surface area contributed by atoms with E-state index in [4.69, 9.17) is 0 Å². The van der Waals surface area contributed by atoms with Gasteiger partial charge in [-0.15, -0.1) is 11.3 Å². The van der Waals surface area contributed by atoms with E-state index in [1.807, 2.05) is 0 Å². The van der Waals surface area contributed by atoms with Crippen molar-refractivity contribution in [3.05, 3.63) is 41.4 Å². The van der Waals surface area contributed by atoms with E-state index in [1.165, 1.54) is 40.9 Å². The molecule has 2 aliphatic rings. The first-order valence-electron chi connectivity index (χ1n) is 11.6. The van der Waals surface area contributed by atoms with Gasteiger partial charge in [-0.25, -0.2) is 18.2 Å². The SMILES string of the molecule is O=C(O)c1cccc(S(=O)(=O)N2CCN(C(CC3CCCCC3)C(=O)Nc3nccs3)C(=O)C2)c1. The first-order valence-corrected chi connectivity index (χ1v) is 13.9. The highest BCUT2D eigenvalue weighted by molar-refractivity contribution is 7.89. The van der Waals surface area contributed by atoms with Crippen LogP contribution >= 0.6 is 11.3 Å². The van der Waals surface area contributed by atoms with E-state index in [2.05, 4.69) is 10.3 Å². The highest BCUT2D eigenvalue weighted by atomic mass is 32.2. The van der Waals surface area contributed by atoms with Gasteiger partial charge in [0, 0.05) is 24.7 Å². The van der Waals surface area contributed by atoms with Gasteiger partial charge < -0.3 is 15.3 Å². The number of carboxylic acid groups (broad SMARTS) is 1. The Morgan fingerprint density at radius 2 is 1.97 bits per heavy atom. The fourth-order valence-electron chi connectivity index (χ4n) is 4.73. The zero-order valence-corrected chi connectivity index (χ0v) is 20.8. The molecule has 2 fully saturated rings. The van der Waals surface area contributed by atoms with Crippen LogP contribution in [0.3, 0.4) is 0 Å². The maximum absolute atomic E-state index is 13.2. The number of carbonyl (C=O) groups is 3. The second-order valence-electron chi connectivity index (χ2n) is 8.84. The van der Waals surface area contributed by atoms with E-state index in [1.54, 1.807) is 11.6 Å². The molecule has 1 atom stereocenters. The topological polar surface area (TPSA) is 137 Å². The number of aromatic nitrogens is 1. The van der Waals surface area contributed by atoms with Crippen molar-refractivity contribution in [1.82, 2.24) is 14.2 Å². The van der Waals surface area contributed by atoms with Gasteiger partial charge in [0.2, 0.25) is 21.8 Å². The van der Waals surface area contributed by atoms with Crippen LogP contribution in [0.2, 0.25) is 0 Å². The number of rotatable bonds is 8. The number of hydrogen-bond donors (Lipinski definition) is 2. The van der Waals surface area contributed by atoms with Crippen LogP contribution in [0, 0.1) is 5.92 Å². The molecule has 1 aliphatic carbocycles. The van der Waals surface area contributed by atoms with Gasteiger partial charge in [0.25, 0.3) is 0 Å². The molecule has 0 bridgehead atoms. The molecule has 1 aromatic heterocycles. The minimum absolute atomic E-state index is 0.0110. The number of amides is 2. The first kappa shape index (κ1) is 25.3. The molecule has 2 N–H and O–H groups in total. The second kappa shape index (κ2) is 10.8. The lowest BCUT2D eigenvalue weighted by atomic mass is 9.84. The highest BCUT2D eigenvalue weighted by Crippen LogP contribution is 2.30. The van der Waals surface area contributed by atoms with Crippen molar-refractivity contribution in [2.75, 3.05) is 25.0 Å². The van der Waals surface area contributed by atoms with Crippen LogP contribution in [0.5, 0.6) is 0 Å². The molecule has 1 saturated carbocycles. The standard InChI is InChI=1S/C23H28N4O6S2/c28-20-15-26(35(32,33)18-8-4-7-17(14-18)22(30)31)10-11-27(20)19(13-16-5-2-1-3-6-16)21(29)25-23-24-9-12-34-23/h4,7-9,12,14,16,19H,1-3,5-6,10-11,13,15H2,(H,30,31)(H,24,25,29). The van der Waals surface area contributed by atoms with Crippen molar-refractivity contribution in [3.63, 3.8) is 0 Å². The third-order valence-electron chi connectivity index (χ3n) is 6.56. The predicted molar refractivity (Wildman–Crippen MR) is 130 cm³/mol.